The van der Waals surface area contributed by atoms with Crippen LogP contribution in [0.2, 0.25) is 0 Å². The second kappa shape index (κ2) is 36.5. The van der Waals surface area contributed by atoms with E-state index in [1.54, 1.807) is 12.2 Å². The fourth-order valence-corrected chi connectivity index (χ4v) is 1.38. The molecule has 107 valence electrons. The Labute approximate surface area is 157 Å². The monoisotopic (exact) mass is 299 g/mol. The van der Waals surface area contributed by atoms with E-state index in [0.717, 1.165) is 12.8 Å². The molecule has 0 aliphatic rings. The zero-order chi connectivity index (χ0) is 12.5. The molecule has 0 rings (SSSR count). The van der Waals surface area contributed by atoms with Gasteiger partial charge in [0.2, 0.25) is 0 Å². The first-order chi connectivity index (χ1) is 7.83. The number of hydrogen-bond donors (Lipinski definition) is 0. The van der Waals surface area contributed by atoms with Crippen molar-refractivity contribution in [1.82, 2.24) is 0 Å². The summed E-state index contributed by atoms with van der Waals surface area (Å²) in [5.41, 5.74) is 0. The van der Waals surface area contributed by atoms with E-state index in [1.807, 2.05) is 0 Å². The zero-order valence-corrected chi connectivity index (χ0v) is 14.6. The van der Waals surface area contributed by atoms with Crippen LogP contribution in [0.1, 0.15) is 78.1 Å². The first kappa shape index (κ1) is 32.2. The minimum absolute atomic E-state index is 0. The van der Waals surface area contributed by atoms with Gasteiger partial charge in [-0.3, -0.25) is 12.2 Å². The third-order valence-electron chi connectivity index (χ3n) is 2.45. The average Bonchev–Trinajstić information content (AvgIpc) is 2.31. The maximum Gasteiger partial charge on any atom is 1.00 e. The largest absolute Gasteiger partial charge is 1.00 e. The van der Waals surface area contributed by atoms with E-state index < -0.39 is 0 Å². The standard InChI is InChI=1S/2C8H15.Cu.2Li/c2*1-3-5-7-8-6-4-2;;;/h2*1,3H,4-8H2,2H3;;;/q2*-1;;2*+1. The summed E-state index contributed by atoms with van der Waals surface area (Å²) in [6, 6.07) is 0. The number of allylic oxidation sites excluding steroid dienone is 2. The second-order valence-corrected chi connectivity index (χ2v) is 4.17. The summed E-state index contributed by atoms with van der Waals surface area (Å²) in [5.74, 6) is 0. The molecule has 1 radical (unpaired) electrons. The fraction of sp³-hybridized carbons (Fsp3) is 0.750. The first-order valence-electron chi connectivity index (χ1n) is 6.90. The molecule has 0 spiro atoms. The molecule has 0 aliphatic carbocycles. The van der Waals surface area contributed by atoms with E-state index in [2.05, 4.69) is 13.8 Å². The smallest absolute Gasteiger partial charge is 0.518 e. The molecule has 0 aromatic heterocycles. The summed E-state index contributed by atoms with van der Waals surface area (Å²) >= 11 is 0. The molecule has 0 aromatic rings. The van der Waals surface area contributed by atoms with Gasteiger partial charge < -0.3 is 13.2 Å². The Kier molecular flexibility index (Phi) is 61.9. The molecule has 0 atom stereocenters. The van der Waals surface area contributed by atoms with Gasteiger partial charge in [0, 0.05) is 17.1 Å². The molecule has 0 aromatic carbocycles. The van der Waals surface area contributed by atoms with Crippen molar-refractivity contribution in [2.75, 3.05) is 0 Å². The maximum absolute atomic E-state index is 5.19. The third kappa shape index (κ3) is 45.3. The van der Waals surface area contributed by atoms with Crippen molar-refractivity contribution in [3.05, 3.63) is 25.3 Å². The number of unbranched alkanes of at least 4 members (excludes halogenated alkanes) is 8. The Balaban J connectivity index is -0.0000000594. The Morgan fingerprint density at radius 1 is 0.632 bits per heavy atom. The van der Waals surface area contributed by atoms with Gasteiger partial charge >= 0.3 is 37.7 Å². The van der Waals surface area contributed by atoms with E-state index in [4.69, 9.17) is 13.2 Å². The van der Waals surface area contributed by atoms with Gasteiger partial charge in [-0.1, -0.05) is 78.1 Å². The minimum Gasteiger partial charge on any atom is -0.518 e. The average molecular weight is 300 g/mol. The normalized spacial score (nSPS) is 7.68. The summed E-state index contributed by atoms with van der Waals surface area (Å²) in [5, 5.41) is 0. The molecule has 0 aliphatic heterocycles. The molecular weight excluding hydrogens is 270 g/mol. The Bertz CT molecular complexity index is 123. The molecule has 0 amide bonds. The molecule has 0 saturated heterocycles. The van der Waals surface area contributed by atoms with Crippen LogP contribution in [0.5, 0.6) is 0 Å². The van der Waals surface area contributed by atoms with Crippen LogP contribution in [-0.2, 0) is 17.1 Å². The van der Waals surface area contributed by atoms with E-state index in [1.165, 1.54) is 51.4 Å². The SMILES string of the molecule is [CH-]=CCCCCCC.[CH-]=CCCCCCC.[Cu].[Li+].[Li+]. The summed E-state index contributed by atoms with van der Waals surface area (Å²) in [7, 11) is 0. The molecule has 0 bridgehead atoms. The summed E-state index contributed by atoms with van der Waals surface area (Å²) in [6.45, 7) is 14.8. The van der Waals surface area contributed by atoms with Crippen LogP contribution < -0.4 is 37.7 Å². The van der Waals surface area contributed by atoms with Gasteiger partial charge in [-0.15, -0.1) is 0 Å². The first-order valence-corrected chi connectivity index (χ1v) is 6.90. The van der Waals surface area contributed by atoms with Gasteiger partial charge in [-0.05, 0) is 0 Å². The Hall–Kier alpha value is 1.19. The molecule has 0 fully saturated rings. The molecular formula is C16H30CuLi2. The molecule has 0 N–H and O–H groups in total. The third-order valence-corrected chi connectivity index (χ3v) is 2.45. The van der Waals surface area contributed by atoms with Crippen molar-refractivity contribution >= 4 is 0 Å². The molecule has 0 heterocycles. The van der Waals surface area contributed by atoms with Crippen molar-refractivity contribution in [3.63, 3.8) is 0 Å². The minimum atomic E-state index is 0. The van der Waals surface area contributed by atoms with Crippen molar-refractivity contribution in [1.29, 1.82) is 0 Å². The summed E-state index contributed by atoms with van der Waals surface area (Å²) in [6.07, 6.45) is 16.2. The van der Waals surface area contributed by atoms with Crippen molar-refractivity contribution in [2.24, 2.45) is 0 Å². The number of rotatable bonds is 10. The van der Waals surface area contributed by atoms with Crippen LogP contribution in [0.25, 0.3) is 0 Å². The van der Waals surface area contributed by atoms with Gasteiger partial charge in [0.25, 0.3) is 0 Å². The number of hydrogen-bond acceptors (Lipinski definition) is 0. The summed E-state index contributed by atoms with van der Waals surface area (Å²) < 4.78 is 0. The topological polar surface area (TPSA) is 0 Å². The van der Waals surface area contributed by atoms with Gasteiger partial charge in [-0.2, -0.15) is 0 Å². The molecule has 3 heteroatoms. The van der Waals surface area contributed by atoms with Gasteiger partial charge in [0.1, 0.15) is 0 Å². The molecule has 0 unspecified atom stereocenters. The van der Waals surface area contributed by atoms with Crippen LogP contribution in [0.4, 0.5) is 0 Å². The van der Waals surface area contributed by atoms with Gasteiger partial charge in [0.15, 0.2) is 0 Å². The van der Waals surface area contributed by atoms with E-state index in [0.29, 0.717) is 0 Å². The Morgan fingerprint density at radius 2 is 0.947 bits per heavy atom. The predicted molar refractivity (Wildman–Crippen MR) is 75.3 cm³/mol. The second-order valence-electron chi connectivity index (χ2n) is 4.17. The van der Waals surface area contributed by atoms with Crippen LogP contribution in [0, 0.1) is 13.2 Å². The quantitative estimate of drug-likeness (QED) is 0.300. The van der Waals surface area contributed by atoms with Crippen molar-refractivity contribution in [2.45, 2.75) is 78.1 Å². The van der Waals surface area contributed by atoms with E-state index in [9.17, 15) is 0 Å². The zero-order valence-electron chi connectivity index (χ0n) is 13.7. The maximum atomic E-state index is 5.19. The van der Waals surface area contributed by atoms with Crippen molar-refractivity contribution in [3.8, 4) is 0 Å². The van der Waals surface area contributed by atoms with Crippen molar-refractivity contribution < 1.29 is 54.8 Å². The van der Waals surface area contributed by atoms with E-state index in [-0.39, 0.29) is 54.8 Å². The van der Waals surface area contributed by atoms with Gasteiger partial charge in [0.05, 0.1) is 0 Å². The molecule has 0 saturated carbocycles. The molecule has 0 nitrogen and oxygen atoms in total. The Morgan fingerprint density at radius 3 is 1.16 bits per heavy atom. The molecule has 19 heavy (non-hydrogen) atoms. The van der Waals surface area contributed by atoms with E-state index >= 15 is 0 Å². The van der Waals surface area contributed by atoms with Crippen LogP contribution in [0.15, 0.2) is 12.2 Å². The van der Waals surface area contributed by atoms with Crippen LogP contribution >= 0.6 is 0 Å². The van der Waals surface area contributed by atoms with Crippen LogP contribution in [-0.4, -0.2) is 0 Å². The van der Waals surface area contributed by atoms with Gasteiger partial charge in [-0.25, -0.2) is 0 Å². The fourth-order valence-electron chi connectivity index (χ4n) is 1.38. The van der Waals surface area contributed by atoms with Crippen LogP contribution in [0.3, 0.4) is 0 Å². The predicted octanol–water partition coefficient (Wildman–Crippen LogP) is -0.103. The summed E-state index contributed by atoms with van der Waals surface area (Å²) in [4.78, 5) is 0.